The molecule has 136 valence electrons. The second-order valence-electron chi connectivity index (χ2n) is 6.17. The molecule has 1 heterocycles. The zero-order chi connectivity index (χ0) is 18.4. The van der Waals surface area contributed by atoms with Crippen LogP contribution in [0.15, 0.2) is 54.6 Å². The molecule has 0 aromatic heterocycles. The molecule has 0 bridgehead atoms. The molecular formula is C20H21FN2O3. The lowest BCUT2D eigenvalue weighted by atomic mass is 10.2. The van der Waals surface area contributed by atoms with Gasteiger partial charge in [0.05, 0.1) is 12.1 Å². The van der Waals surface area contributed by atoms with Gasteiger partial charge in [-0.15, -0.1) is 0 Å². The van der Waals surface area contributed by atoms with Gasteiger partial charge < -0.3 is 15.0 Å². The summed E-state index contributed by atoms with van der Waals surface area (Å²) < 4.78 is 19.4. The Morgan fingerprint density at radius 1 is 1.12 bits per heavy atom. The highest BCUT2D eigenvalue weighted by molar-refractivity contribution is 5.94. The largest absolute Gasteiger partial charge is 0.489 e. The van der Waals surface area contributed by atoms with Gasteiger partial charge in [-0.3, -0.25) is 9.59 Å². The quantitative estimate of drug-likeness (QED) is 0.866. The van der Waals surface area contributed by atoms with Crippen molar-refractivity contribution >= 4 is 11.8 Å². The van der Waals surface area contributed by atoms with E-state index in [1.165, 1.54) is 18.2 Å². The van der Waals surface area contributed by atoms with E-state index >= 15 is 0 Å². The van der Waals surface area contributed by atoms with Crippen LogP contribution in [0.25, 0.3) is 0 Å². The molecule has 5 nitrogen and oxygen atoms in total. The minimum absolute atomic E-state index is 0.0163. The predicted molar refractivity (Wildman–Crippen MR) is 95.4 cm³/mol. The molecule has 0 unspecified atom stereocenters. The van der Waals surface area contributed by atoms with Gasteiger partial charge >= 0.3 is 0 Å². The molecule has 2 aromatic carbocycles. The minimum Gasteiger partial charge on any atom is -0.489 e. The number of amides is 2. The molecule has 2 amide bonds. The lowest BCUT2D eigenvalue weighted by Crippen LogP contribution is -2.34. The topological polar surface area (TPSA) is 58.6 Å². The molecule has 1 saturated heterocycles. The van der Waals surface area contributed by atoms with Crippen LogP contribution >= 0.6 is 0 Å². The summed E-state index contributed by atoms with van der Waals surface area (Å²) in [6.45, 7) is 1.35. The van der Waals surface area contributed by atoms with Crippen LogP contribution in [-0.4, -0.2) is 42.5 Å². The van der Waals surface area contributed by atoms with Gasteiger partial charge in [0.25, 0.3) is 5.91 Å². The van der Waals surface area contributed by atoms with Crippen LogP contribution < -0.4 is 10.1 Å². The zero-order valence-corrected chi connectivity index (χ0v) is 14.4. The molecule has 0 saturated carbocycles. The Hall–Kier alpha value is -2.89. The Bertz CT molecular complexity index is 767. The van der Waals surface area contributed by atoms with Crippen molar-refractivity contribution in [2.24, 2.45) is 0 Å². The zero-order valence-electron chi connectivity index (χ0n) is 14.4. The highest BCUT2D eigenvalue weighted by Crippen LogP contribution is 2.18. The summed E-state index contributed by atoms with van der Waals surface area (Å²) in [7, 11) is 0. The summed E-state index contributed by atoms with van der Waals surface area (Å²) in [6, 6.07) is 15.3. The first-order chi connectivity index (χ1) is 12.6. The third kappa shape index (κ3) is 4.59. The van der Waals surface area contributed by atoms with Crippen molar-refractivity contribution in [3.63, 3.8) is 0 Å². The Balaban J connectivity index is 1.41. The Morgan fingerprint density at radius 2 is 1.85 bits per heavy atom. The van der Waals surface area contributed by atoms with Crippen molar-refractivity contribution < 1.29 is 18.7 Å². The number of hydrogen-bond acceptors (Lipinski definition) is 3. The Morgan fingerprint density at radius 3 is 2.62 bits per heavy atom. The van der Waals surface area contributed by atoms with Crippen molar-refractivity contribution in [3.8, 4) is 5.75 Å². The molecule has 1 aliphatic rings. The summed E-state index contributed by atoms with van der Waals surface area (Å²) in [4.78, 5) is 25.9. The predicted octanol–water partition coefficient (Wildman–Crippen LogP) is 2.63. The lowest BCUT2D eigenvalue weighted by Gasteiger charge is -2.17. The molecule has 1 atom stereocenters. The third-order valence-corrected chi connectivity index (χ3v) is 4.29. The van der Waals surface area contributed by atoms with Crippen molar-refractivity contribution in [1.82, 2.24) is 10.2 Å². The van der Waals surface area contributed by atoms with Crippen molar-refractivity contribution in [2.45, 2.75) is 18.9 Å². The number of para-hydroxylation sites is 1. The number of carbonyl (C=O) groups is 2. The molecule has 1 aliphatic heterocycles. The molecule has 1 fully saturated rings. The van der Waals surface area contributed by atoms with Crippen molar-refractivity contribution in [1.29, 1.82) is 0 Å². The molecule has 2 aromatic rings. The monoisotopic (exact) mass is 356 g/mol. The van der Waals surface area contributed by atoms with Crippen LogP contribution in [0.3, 0.4) is 0 Å². The molecule has 0 spiro atoms. The maximum atomic E-state index is 13.5. The first-order valence-electron chi connectivity index (χ1n) is 8.65. The number of hydrogen-bond donors (Lipinski definition) is 1. The normalized spacial score (nSPS) is 16.3. The standard InChI is InChI=1S/C20H21FN2O3/c21-18-9-5-4-8-17(18)20(25)22-12-10-19(24)23-13-11-16(14-23)26-15-6-2-1-3-7-15/h1-9,16H,10-14H2,(H,22,25)/t16-/m0/s1. The summed E-state index contributed by atoms with van der Waals surface area (Å²) in [5, 5.41) is 2.59. The van der Waals surface area contributed by atoms with E-state index in [1.54, 1.807) is 11.0 Å². The number of halogens is 1. The van der Waals surface area contributed by atoms with Crippen molar-refractivity contribution in [3.05, 3.63) is 66.0 Å². The molecule has 6 heteroatoms. The smallest absolute Gasteiger partial charge is 0.254 e. The third-order valence-electron chi connectivity index (χ3n) is 4.29. The fraction of sp³-hybridized carbons (Fsp3) is 0.300. The number of ether oxygens (including phenoxy) is 1. The van der Waals surface area contributed by atoms with Crippen LogP contribution in [-0.2, 0) is 4.79 Å². The van der Waals surface area contributed by atoms with E-state index in [9.17, 15) is 14.0 Å². The second-order valence-corrected chi connectivity index (χ2v) is 6.17. The van der Waals surface area contributed by atoms with Gasteiger partial charge in [0.1, 0.15) is 17.7 Å². The number of carbonyl (C=O) groups excluding carboxylic acids is 2. The molecule has 0 aliphatic carbocycles. The average Bonchev–Trinajstić information content (AvgIpc) is 3.11. The van der Waals surface area contributed by atoms with Crippen LogP contribution in [0.4, 0.5) is 4.39 Å². The highest BCUT2D eigenvalue weighted by atomic mass is 19.1. The number of likely N-dealkylation sites (tertiary alicyclic amines) is 1. The molecule has 0 radical (unpaired) electrons. The fourth-order valence-electron chi connectivity index (χ4n) is 2.92. The van der Waals surface area contributed by atoms with Gasteiger partial charge in [-0.1, -0.05) is 30.3 Å². The van der Waals surface area contributed by atoms with Gasteiger partial charge in [-0.25, -0.2) is 4.39 Å². The van der Waals surface area contributed by atoms with E-state index in [2.05, 4.69) is 5.32 Å². The van der Waals surface area contributed by atoms with Crippen LogP contribution in [0, 0.1) is 5.82 Å². The van der Waals surface area contributed by atoms with E-state index in [0.29, 0.717) is 13.1 Å². The summed E-state index contributed by atoms with van der Waals surface area (Å²) in [5.41, 5.74) is -0.0163. The van der Waals surface area contributed by atoms with Gasteiger partial charge in [0, 0.05) is 25.9 Å². The highest BCUT2D eigenvalue weighted by Gasteiger charge is 2.27. The number of rotatable bonds is 6. The average molecular weight is 356 g/mol. The summed E-state index contributed by atoms with van der Waals surface area (Å²) >= 11 is 0. The second kappa shape index (κ2) is 8.47. The Labute approximate surface area is 151 Å². The van der Waals surface area contributed by atoms with E-state index < -0.39 is 11.7 Å². The maximum absolute atomic E-state index is 13.5. The first-order valence-corrected chi connectivity index (χ1v) is 8.65. The minimum atomic E-state index is -0.572. The van der Waals surface area contributed by atoms with E-state index in [0.717, 1.165) is 12.2 Å². The summed E-state index contributed by atoms with van der Waals surface area (Å²) in [6.07, 6.45) is 0.940. The van der Waals surface area contributed by atoms with Crippen LogP contribution in [0.1, 0.15) is 23.2 Å². The molecule has 3 rings (SSSR count). The molecule has 26 heavy (non-hydrogen) atoms. The van der Waals surface area contributed by atoms with Crippen molar-refractivity contribution in [2.75, 3.05) is 19.6 Å². The molecule has 1 N–H and O–H groups in total. The van der Waals surface area contributed by atoms with E-state index in [-0.39, 0.29) is 30.5 Å². The van der Waals surface area contributed by atoms with E-state index in [1.807, 2.05) is 30.3 Å². The van der Waals surface area contributed by atoms with Gasteiger partial charge in [-0.05, 0) is 24.3 Å². The maximum Gasteiger partial charge on any atom is 0.254 e. The fourth-order valence-corrected chi connectivity index (χ4v) is 2.92. The SMILES string of the molecule is O=C(NCCC(=O)N1CC[C@H](Oc2ccccc2)C1)c1ccccc1F. The lowest BCUT2D eigenvalue weighted by molar-refractivity contribution is -0.130. The Kier molecular flexibility index (Phi) is 5.84. The first kappa shape index (κ1) is 17.9. The number of nitrogens with one attached hydrogen (secondary N) is 1. The number of benzene rings is 2. The van der Waals surface area contributed by atoms with Crippen LogP contribution in [0.5, 0.6) is 5.75 Å². The molecular weight excluding hydrogens is 335 g/mol. The van der Waals surface area contributed by atoms with Gasteiger partial charge in [0.2, 0.25) is 5.91 Å². The summed E-state index contributed by atoms with van der Waals surface area (Å²) in [5.74, 6) is -0.332. The number of nitrogens with zero attached hydrogens (tertiary/aromatic N) is 1. The van der Waals surface area contributed by atoms with Gasteiger partial charge in [0.15, 0.2) is 0 Å². The van der Waals surface area contributed by atoms with Crippen LogP contribution in [0.2, 0.25) is 0 Å². The van der Waals surface area contributed by atoms with Gasteiger partial charge in [-0.2, -0.15) is 0 Å². The van der Waals surface area contributed by atoms with E-state index in [4.69, 9.17) is 4.74 Å².